The highest BCUT2D eigenvalue weighted by Gasteiger charge is 2.29. The van der Waals surface area contributed by atoms with Crippen LogP contribution in [0.25, 0.3) is 5.65 Å². The molecule has 0 unspecified atom stereocenters. The summed E-state index contributed by atoms with van der Waals surface area (Å²) in [6, 6.07) is 8.32. The summed E-state index contributed by atoms with van der Waals surface area (Å²) in [5.74, 6) is 0.294. The predicted molar refractivity (Wildman–Crippen MR) is 90.3 cm³/mol. The number of hydrogen-bond acceptors (Lipinski definition) is 6. The Hall–Kier alpha value is -2.74. The van der Waals surface area contributed by atoms with Gasteiger partial charge < -0.3 is 5.32 Å². The molecule has 1 N–H and O–H groups in total. The average Bonchev–Trinajstić information content (AvgIpc) is 3.02. The minimum atomic E-state index is -3.73. The van der Waals surface area contributed by atoms with Crippen LogP contribution >= 0.6 is 0 Å². The number of nitrogens with zero attached hydrogens (tertiary/aromatic N) is 4. The first kappa shape index (κ1) is 14.8. The van der Waals surface area contributed by atoms with E-state index in [9.17, 15) is 8.42 Å². The highest BCUT2D eigenvalue weighted by molar-refractivity contribution is 7.91. The topological polar surface area (TPSA) is 88.7 Å². The van der Waals surface area contributed by atoms with Crippen LogP contribution in [0.2, 0.25) is 0 Å². The normalized spacial score (nSPS) is 13.9. The number of hydrogen-bond donors (Lipinski definition) is 1. The molecule has 0 saturated heterocycles. The Balaban J connectivity index is 2.03. The standard InChI is InChI=1S/C16H15N5O2S/c1-17-15-14(24(22,23)12-5-3-2-4-6-12)16-19-10-11-9-18-8-7-13(11)21(16)20-15/h2-6,8,10H,7,9H2,1H3,(H,17,20). The number of fused-ring (bicyclic) bond motifs is 3. The zero-order valence-corrected chi connectivity index (χ0v) is 13.8. The Morgan fingerprint density at radius 3 is 2.75 bits per heavy atom. The first-order valence-corrected chi connectivity index (χ1v) is 8.97. The number of aromatic nitrogens is 3. The molecule has 7 nitrogen and oxygen atoms in total. The van der Waals surface area contributed by atoms with Gasteiger partial charge >= 0.3 is 0 Å². The maximum Gasteiger partial charge on any atom is 0.214 e. The molecule has 0 atom stereocenters. The van der Waals surface area contributed by atoms with Gasteiger partial charge in [0, 0.05) is 31.4 Å². The molecule has 1 aromatic carbocycles. The Bertz CT molecular complexity index is 1060. The van der Waals surface area contributed by atoms with Gasteiger partial charge in [0.05, 0.1) is 17.1 Å². The maximum absolute atomic E-state index is 13.1. The molecule has 3 aromatic rings. The molecule has 2 aromatic heterocycles. The van der Waals surface area contributed by atoms with Gasteiger partial charge in [-0.05, 0) is 12.1 Å². The second-order valence-corrected chi connectivity index (χ2v) is 7.32. The zero-order valence-electron chi connectivity index (χ0n) is 13.0. The Kier molecular flexibility index (Phi) is 3.34. The van der Waals surface area contributed by atoms with Crippen LogP contribution in [0.4, 0.5) is 5.82 Å². The lowest BCUT2D eigenvalue weighted by Gasteiger charge is -2.11. The van der Waals surface area contributed by atoms with Gasteiger partial charge in [-0.3, -0.25) is 4.99 Å². The van der Waals surface area contributed by atoms with E-state index in [2.05, 4.69) is 20.4 Å². The molecule has 0 bridgehead atoms. The number of benzene rings is 1. The zero-order chi connectivity index (χ0) is 16.7. The van der Waals surface area contributed by atoms with E-state index in [1.54, 1.807) is 48.1 Å². The molecule has 122 valence electrons. The summed E-state index contributed by atoms with van der Waals surface area (Å²) in [6.45, 7) is 0.536. The molecule has 24 heavy (non-hydrogen) atoms. The van der Waals surface area contributed by atoms with Crippen LogP contribution in [0, 0.1) is 0 Å². The molecule has 4 rings (SSSR count). The van der Waals surface area contributed by atoms with Crippen molar-refractivity contribution in [1.29, 1.82) is 0 Å². The van der Waals surface area contributed by atoms with Crippen LogP contribution in [0.5, 0.6) is 0 Å². The Labute approximate surface area is 139 Å². The van der Waals surface area contributed by atoms with Crippen molar-refractivity contribution >= 4 is 27.5 Å². The summed E-state index contributed by atoms with van der Waals surface area (Å²) in [5, 5.41) is 7.32. The third-order valence-corrected chi connectivity index (χ3v) is 5.83. The highest BCUT2D eigenvalue weighted by atomic mass is 32.2. The number of rotatable bonds is 3. The van der Waals surface area contributed by atoms with Crippen LogP contribution in [-0.2, 0) is 22.8 Å². The maximum atomic E-state index is 13.1. The molecule has 8 heteroatoms. The molecule has 1 aliphatic heterocycles. The minimum absolute atomic E-state index is 0.0986. The van der Waals surface area contributed by atoms with E-state index >= 15 is 0 Å². The molecule has 0 radical (unpaired) electrons. The van der Waals surface area contributed by atoms with Crippen molar-refractivity contribution in [2.75, 3.05) is 12.4 Å². The highest BCUT2D eigenvalue weighted by Crippen LogP contribution is 2.31. The van der Waals surface area contributed by atoms with Crippen LogP contribution < -0.4 is 5.32 Å². The summed E-state index contributed by atoms with van der Waals surface area (Å²) < 4.78 is 27.8. The van der Waals surface area contributed by atoms with Gasteiger partial charge in [0.25, 0.3) is 0 Å². The quantitative estimate of drug-likeness (QED) is 0.784. The summed E-state index contributed by atoms with van der Waals surface area (Å²) in [6.07, 6.45) is 4.10. The minimum Gasteiger partial charge on any atom is -0.370 e. The summed E-state index contributed by atoms with van der Waals surface area (Å²) in [7, 11) is -2.08. The van der Waals surface area contributed by atoms with Crippen molar-refractivity contribution in [3.05, 3.63) is 47.8 Å². The molecule has 0 amide bonds. The van der Waals surface area contributed by atoms with E-state index in [4.69, 9.17) is 0 Å². The van der Waals surface area contributed by atoms with Crippen molar-refractivity contribution in [3.8, 4) is 0 Å². The number of anilines is 1. The third kappa shape index (κ3) is 2.10. The molecule has 0 saturated carbocycles. The van der Waals surface area contributed by atoms with Crippen LogP contribution in [0.1, 0.15) is 11.3 Å². The average molecular weight is 341 g/mol. The van der Waals surface area contributed by atoms with Crippen molar-refractivity contribution < 1.29 is 8.42 Å². The van der Waals surface area contributed by atoms with Gasteiger partial charge in [0.15, 0.2) is 16.4 Å². The molecule has 0 fully saturated rings. The molecule has 0 aliphatic carbocycles. The van der Waals surface area contributed by atoms with E-state index in [1.165, 1.54) is 0 Å². The lowest BCUT2D eigenvalue weighted by Crippen LogP contribution is -2.10. The second kappa shape index (κ2) is 5.41. The Morgan fingerprint density at radius 2 is 2.00 bits per heavy atom. The molecule has 3 heterocycles. The second-order valence-electron chi connectivity index (χ2n) is 5.44. The predicted octanol–water partition coefficient (Wildman–Crippen LogP) is 1.73. The fourth-order valence-electron chi connectivity index (χ4n) is 2.84. The summed E-state index contributed by atoms with van der Waals surface area (Å²) in [5.41, 5.74) is 2.21. The number of nitrogens with one attached hydrogen (secondary N) is 1. The number of aliphatic imine (C=N–C) groups is 1. The lowest BCUT2D eigenvalue weighted by molar-refractivity contribution is 0.597. The van der Waals surface area contributed by atoms with Crippen LogP contribution in [0.3, 0.4) is 0 Å². The fraction of sp³-hybridized carbons (Fsp3) is 0.188. The van der Waals surface area contributed by atoms with Gasteiger partial charge in [0.2, 0.25) is 9.84 Å². The fourth-order valence-corrected chi connectivity index (χ4v) is 4.37. The first-order valence-electron chi connectivity index (χ1n) is 7.48. The first-order chi connectivity index (χ1) is 11.6. The van der Waals surface area contributed by atoms with Crippen molar-refractivity contribution in [1.82, 2.24) is 14.6 Å². The van der Waals surface area contributed by atoms with Gasteiger partial charge in [-0.1, -0.05) is 18.2 Å². The van der Waals surface area contributed by atoms with Gasteiger partial charge in [-0.25, -0.2) is 17.9 Å². The van der Waals surface area contributed by atoms with E-state index < -0.39 is 9.84 Å². The van der Waals surface area contributed by atoms with E-state index in [1.807, 2.05) is 6.21 Å². The van der Waals surface area contributed by atoms with Gasteiger partial charge in [0.1, 0.15) is 0 Å². The molecule has 1 aliphatic rings. The van der Waals surface area contributed by atoms with E-state index in [0.29, 0.717) is 24.4 Å². The van der Waals surface area contributed by atoms with E-state index in [0.717, 1.165) is 11.3 Å². The SMILES string of the molecule is CNc1nn2c3c(cnc2c1S(=O)(=O)c1ccccc1)CN=CC3. The van der Waals surface area contributed by atoms with Crippen LogP contribution in [-0.4, -0.2) is 36.3 Å². The smallest absolute Gasteiger partial charge is 0.214 e. The third-order valence-electron chi connectivity index (χ3n) is 4.02. The van der Waals surface area contributed by atoms with Crippen molar-refractivity contribution in [3.63, 3.8) is 0 Å². The van der Waals surface area contributed by atoms with Gasteiger partial charge in [-0.15, -0.1) is 5.10 Å². The lowest BCUT2D eigenvalue weighted by atomic mass is 10.1. The van der Waals surface area contributed by atoms with Gasteiger partial charge in [-0.2, -0.15) is 0 Å². The largest absolute Gasteiger partial charge is 0.370 e. The monoisotopic (exact) mass is 341 g/mol. The van der Waals surface area contributed by atoms with Crippen molar-refractivity contribution in [2.45, 2.75) is 22.8 Å². The van der Waals surface area contributed by atoms with Crippen LogP contribution in [0.15, 0.2) is 51.3 Å². The summed E-state index contributed by atoms with van der Waals surface area (Å²) >= 11 is 0. The molecular weight excluding hydrogens is 326 g/mol. The summed E-state index contributed by atoms with van der Waals surface area (Å²) in [4.78, 5) is 8.91. The van der Waals surface area contributed by atoms with Crippen molar-refractivity contribution in [2.24, 2.45) is 4.99 Å². The molecule has 0 spiro atoms. The molecular formula is C16H15N5O2S. The number of sulfone groups is 1. The Morgan fingerprint density at radius 1 is 1.21 bits per heavy atom. The van der Waals surface area contributed by atoms with E-state index in [-0.39, 0.29) is 9.79 Å².